The van der Waals surface area contributed by atoms with Gasteiger partial charge in [0.2, 0.25) is 0 Å². The normalized spacial score (nSPS) is 11.3. The smallest absolute Gasteiger partial charge is 0.418 e. The van der Waals surface area contributed by atoms with Crippen LogP contribution in [-0.4, -0.2) is 19.8 Å². The molecule has 2 aromatic rings. The fourth-order valence-corrected chi connectivity index (χ4v) is 6.22. The molecule has 0 N–H and O–H groups in total. The molecule has 0 radical (unpaired) electrons. The summed E-state index contributed by atoms with van der Waals surface area (Å²) in [5.74, 6) is 1.54. The first-order chi connectivity index (χ1) is 21.4. The molecule has 2 rings (SSSR count). The van der Waals surface area contributed by atoms with Crippen LogP contribution in [-0.2, 0) is 9.26 Å². The van der Waals surface area contributed by atoms with Crippen molar-refractivity contribution in [3.63, 3.8) is 0 Å². The molecule has 2 aromatic carbocycles. The van der Waals surface area contributed by atoms with Crippen molar-refractivity contribution in [2.24, 2.45) is 0 Å². The third-order valence-electron chi connectivity index (χ3n) is 7.87. The van der Waals surface area contributed by atoms with Gasteiger partial charge in [0.05, 0.1) is 6.61 Å². The van der Waals surface area contributed by atoms with Gasteiger partial charge in [0, 0.05) is 13.2 Å². The number of rotatable bonds is 31. The summed E-state index contributed by atoms with van der Waals surface area (Å²) in [6.07, 6.45) is 29.6. The van der Waals surface area contributed by atoms with Crippen molar-refractivity contribution in [3.05, 3.63) is 60.7 Å². The molecular formula is C38H63O4P. The van der Waals surface area contributed by atoms with E-state index in [-0.39, 0.29) is 0 Å². The molecule has 0 aliphatic heterocycles. The van der Waals surface area contributed by atoms with E-state index in [2.05, 4.69) is 6.92 Å². The lowest BCUT2D eigenvalue weighted by Crippen LogP contribution is -2.01. The van der Waals surface area contributed by atoms with Crippen LogP contribution in [0.2, 0.25) is 0 Å². The number of ether oxygens (including phenoxy) is 1. The lowest BCUT2D eigenvalue weighted by Gasteiger charge is -2.17. The van der Waals surface area contributed by atoms with Crippen molar-refractivity contribution in [1.29, 1.82) is 0 Å². The molecule has 5 heteroatoms. The van der Waals surface area contributed by atoms with Crippen LogP contribution in [0.3, 0.4) is 0 Å². The molecule has 244 valence electrons. The van der Waals surface area contributed by atoms with Gasteiger partial charge in [-0.3, -0.25) is 4.52 Å². The molecule has 0 aromatic heterocycles. The quantitative estimate of drug-likeness (QED) is 0.0625. The summed E-state index contributed by atoms with van der Waals surface area (Å²) in [4.78, 5) is 0. The molecular weight excluding hydrogens is 551 g/mol. The summed E-state index contributed by atoms with van der Waals surface area (Å²) in [6.45, 7) is 4.88. The second-order valence-electron chi connectivity index (χ2n) is 11.9. The van der Waals surface area contributed by atoms with E-state index in [0.717, 1.165) is 31.1 Å². The maximum absolute atomic E-state index is 6.01. The van der Waals surface area contributed by atoms with Gasteiger partial charge < -0.3 is 13.8 Å². The summed E-state index contributed by atoms with van der Waals surface area (Å²) in [5, 5.41) is 0. The van der Waals surface area contributed by atoms with E-state index in [1.54, 1.807) is 0 Å². The fraction of sp³-hybridized carbons (Fsp3) is 0.684. The van der Waals surface area contributed by atoms with Crippen molar-refractivity contribution >= 4 is 8.60 Å². The maximum Gasteiger partial charge on any atom is 0.463 e. The van der Waals surface area contributed by atoms with Crippen LogP contribution >= 0.6 is 8.60 Å². The standard InChI is InChI=1S/C38H63O4P/c1-2-3-4-5-6-7-9-12-15-18-27-34-39-35-28-19-16-13-10-8-11-14-17-20-29-36-40-43(41-37-30-23-21-24-31-37)42-38-32-25-22-26-33-38/h21-26,30-33H,2-20,27-29,34-36H2,1H3. The highest BCUT2D eigenvalue weighted by molar-refractivity contribution is 7.42. The van der Waals surface area contributed by atoms with E-state index in [4.69, 9.17) is 18.3 Å². The van der Waals surface area contributed by atoms with Crippen LogP contribution in [0, 0.1) is 0 Å². The molecule has 43 heavy (non-hydrogen) atoms. The first kappa shape index (κ1) is 37.6. The van der Waals surface area contributed by atoms with Gasteiger partial charge in [-0.1, -0.05) is 165 Å². The van der Waals surface area contributed by atoms with Gasteiger partial charge in [0.25, 0.3) is 0 Å². The molecule has 0 heterocycles. The molecule has 0 atom stereocenters. The molecule has 0 bridgehead atoms. The van der Waals surface area contributed by atoms with Gasteiger partial charge in [0.15, 0.2) is 0 Å². The molecule has 0 saturated carbocycles. The number of unbranched alkanes of at least 4 members (excludes halogenated alkanes) is 20. The van der Waals surface area contributed by atoms with Gasteiger partial charge in [-0.15, -0.1) is 0 Å². The Bertz CT molecular complexity index is 778. The fourth-order valence-electron chi connectivity index (χ4n) is 5.21. The van der Waals surface area contributed by atoms with Gasteiger partial charge >= 0.3 is 8.60 Å². The van der Waals surface area contributed by atoms with E-state index < -0.39 is 8.60 Å². The second kappa shape index (κ2) is 29.1. The van der Waals surface area contributed by atoms with Gasteiger partial charge in [-0.05, 0) is 43.5 Å². The molecule has 0 spiro atoms. The molecule has 0 amide bonds. The lowest BCUT2D eigenvalue weighted by atomic mass is 10.1. The van der Waals surface area contributed by atoms with Crippen LogP contribution in [0.25, 0.3) is 0 Å². The molecule has 0 aliphatic rings. The Morgan fingerprint density at radius 1 is 0.395 bits per heavy atom. The Morgan fingerprint density at radius 3 is 1.09 bits per heavy atom. The molecule has 0 fully saturated rings. The van der Waals surface area contributed by atoms with E-state index >= 15 is 0 Å². The summed E-state index contributed by atoms with van der Waals surface area (Å²) in [6, 6.07) is 19.5. The van der Waals surface area contributed by atoms with Crippen molar-refractivity contribution in [2.45, 2.75) is 148 Å². The van der Waals surface area contributed by atoms with E-state index in [1.807, 2.05) is 60.7 Å². The number of hydrogen-bond donors (Lipinski definition) is 0. The average molecular weight is 615 g/mol. The zero-order chi connectivity index (χ0) is 30.3. The SMILES string of the molecule is CCCCCCCCCCCCCOCCCCCCCCCCCCCOP(Oc1ccccc1)Oc1ccccc1. The highest BCUT2D eigenvalue weighted by Crippen LogP contribution is 2.41. The van der Waals surface area contributed by atoms with Crippen LogP contribution < -0.4 is 9.05 Å². The van der Waals surface area contributed by atoms with Crippen LogP contribution in [0.1, 0.15) is 148 Å². The summed E-state index contributed by atoms with van der Waals surface area (Å²) in [7, 11) is -1.47. The van der Waals surface area contributed by atoms with Gasteiger partial charge in [-0.25, -0.2) is 0 Å². The second-order valence-corrected chi connectivity index (χ2v) is 13.0. The van der Waals surface area contributed by atoms with Gasteiger partial charge in [0.1, 0.15) is 11.5 Å². The Kier molecular flexibility index (Phi) is 25.4. The molecule has 0 unspecified atom stereocenters. The van der Waals surface area contributed by atoms with Crippen molar-refractivity contribution in [1.82, 2.24) is 0 Å². The molecule has 4 nitrogen and oxygen atoms in total. The highest BCUT2D eigenvalue weighted by atomic mass is 31.2. The predicted molar refractivity (Wildman–Crippen MR) is 185 cm³/mol. The highest BCUT2D eigenvalue weighted by Gasteiger charge is 2.17. The minimum absolute atomic E-state index is 0.661. The van der Waals surface area contributed by atoms with E-state index in [1.165, 1.54) is 135 Å². The Balaban J connectivity index is 1.30. The van der Waals surface area contributed by atoms with Crippen LogP contribution in [0.4, 0.5) is 0 Å². The monoisotopic (exact) mass is 614 g/mol. The van der Waals surface area contributed by atoms with Crippen molar-refractivity contribution in [2.75, 3.05) is 19.8 Å². The van der Waals surface area contributed by atoms with Crippen LogP contribution in [0.5, 0.6) is 11.5 Å². The first-order valence-electron chi connectivity index (χ1n) is 17.9. The molecule has 0 saturated heterocycles. The topological polar surface area (TPSA) is 36.9 Å². The summed E-state index contributed by atoms with van der Waals surface area (Å²) >= 11 is 0. The molecule has 0 aliphatic carbocycles. The largest absolute Gasteiger partial charge is 0.463 e. The summed E-state index contributed by atoms with van der Waals surface area (Å²) < 4.78 is 23.9. The number of benzene rings is 2. The number of para-hydroxylation sites is 2. The Labute approximate surface area is 266 Å². The first-order valence-corrected chi connectivity index (χ1v) is 18.9. The van der Waals surface area contributed by atoms with E-state index in [0.29, 0.717) is 6.61 Å². The van der Waals surface area contributed by atoms with Gasteiger partial charge in [-0.2, -0.15) is 0 Å². The Hall–Kier alpha value is -1.61. The van der Waals surface area contributed by atoms with Crippen LogP contribution in [0.15, 0.2) is 60.7 Å². The number of hydrogen-bond acceptors (Lipinski definition) is 4. The Morgan fingerprint density at radius 2 is 0.721 bits per heavy atom. The zero-order valence-corrected chi connectivity index (χ0v) is 28.4. The lowest BCUT2D eigenvalue weighted by molar-refractivity contribution is 0.125. The average Bonchev–Trinajstić information content (AvgIpc) is 3.03. The maximum atomic E-state index is 6.01. The predicted octanol–water partition coefficient (Wildman–Crippen LogP) is 13.0. The minimum atomic E-state index is -1.47. The zero-order valence-electron chi connectivity index (χ0n) is 27.5. The summed E-state index contributed by atoms with van der Waals surface area (Å²) in [5.41, 5.74) is 0. The van der Waals surface area contributed by atoms with E-state index in [9.17, 15) is 0 Å². The third kappa shape index (κ3) is 23.4. The third-order valence-corrected chi connectivity index (χ3v) is 8.98. The minimum Gasteiger partial charge on any atom is -0.418 e. The van der Waals surface area contributed by atoms with Crippen molar-refractivity contribution in [3.8, 4) is 11.5 Å². The van der Waals surface area contributed by atoms with Crippen molar-refractivity contribution < 1.29 is 18.3 Å².